The summed E-state index contributed by atoms with van der Waals surface area (Å²) in [5, 5.41) is 8.95. The van der Waals surface area contributed by atoms with E-state index in [1.165, 1.54) is 11.1 Å². The number of nitrogens with one attached hydrogen (secondary N) is 1. The first-order valence-corrected chi connectivity index (χ1v) is 9.51. The summed E-state index contributed by atoms with van der Waals surface area (Å²) in [5.41, 5.74) is 6.28. The van der Waals surface area contributed by atoms with Crippen LogP contribution in [-0.4, -0.2) is 9.97 Å². The molecule has 0 aliphatic heterocycles. The van der Waals surface area contributed by atoms with Crippen molar-refractivity contribution < 1.29 is 4.74 Å². The van der Waals surface area contributed by atoms with Crippen LogP contribution in [0.4, 0.5) is 0 Å². The summed E-state index contributed by atoms with van der Waals surface area (Å²) in [6, 6.07) is 26.1. The van der Waals surface area contributed by atoms with Crippen molar-refractivity contribution in [2.45, 2.75) is 20.3 Å². The standard InChI is InChI=1S/C25H21N3O/c1-17-5-3-4-6-23(17)21-11-13-22(14-12-21)29-25-24(27-18(2)28-25)15-19-7-9-20(16-26)10-8-19/h3-14H,15H2,1-2H3,(H,27,28). The molecule has 0 saturated heterocycles. The molecule has 0 saturated carbocycles. The number of nitrogens with zero attached hydrogens (tertiary/aromatic N) is 2. The van der Waals surface area contributed by atoms with Gasteiger partial charge >= 0.3 is 0 Å². The van der Waals surface area contributed by atoms with Gasteiger partial charge in [-0.15, -0.1) is 0 Å². The largest absolute Gasteiger partial charge is 0.437 e. The summed E-state index contributed by atoms with van der Waals surface area (Å²) >= 11 is 0. The molecular weight excluding hydrogens is 358 g/mol. The van der Waals surface area contributed by atoms with Crippen LogP contribution in [0.15, 0.2) is 72.8 Å². The zero-order valence-corrected chi connectivity index (χ0v) is 16.4. The first-order chi connectivity index (χ1) is 14.1. The van der Waals surface area contributed by atoms with Gasteiger partial charge in [0, 0.05) is 6.42 Å². The lowest BCUT2D eigenvalue weighted by atomic mass is 10.0. The number of nitriles is 1. The van der Waals surface area contributed by atoms with Gasteiger partial charge in [0.15, 0.2) is 0 Å². The molecule has 0 bridgehead atoms. The summed E-state index contributed by atoms with van der Waals surface area (Å²) in [6.45, 7) is 4.03. The molecule has 4 nitrogen and oxygen atoms in total. The minimum atomic E-state index is 0.579. The highest BCUT2D eigenvalue weighted by molar-refractivity contribution is 5.67. The van der Waals surface area contributed by atoms with Crippen LogP contribution in [-0.2, 0) is 6.42 Å². The van der Waals surface area contributed by atoms with Crippen molar-refractivity contribution in [2.24, 2.45) is 0 Å². The third kappa shape index (κ3) is 4.20. The topological polar surface area (TPSA) is 61.7 Å². The van der Waals surface area contributed by atoms with E-state index in [0.29, 0.717) is 17.9 Å². The molecule has 142 valence electrons. The van der Waals surface area contributed by atoms with Crippen molar-refractivity contribution >= 4 is 0 Å². The second-order valence-electron chi connectivity index (χ2n) is 7.03. The van der Waals surface area contributed by atoms with Crippen LogP contribution in [0.25, 0.3) is 11.1 Å². The van der Waals surface area contributed by atoms with E-state index in [1.807, 2.05) is 49.4 Å². The summed E-state index contributed by atoms with van der Waals surface area (Å²) in [6.07, 6.45) is 0.656. The Morgan fingerprint density at radius 1 is 0.931 bits per heavy atom. The quantitative estimate of drug-likeness (QED) is 0.466. The highest BCUT2D eigenvalue weighted by Crippen LogP contribution is 2.29. The Balaban J connectivity index is 1.54. The highest BCUT2D eigenvalue weighted by Gasteiger charge is 2.12. The number of aryl methyl sites for hydroxylation is 2. The van der Waals surface area contributed by atoms with Crippen LogP contribution in [0.3, 0.4) is 0 Å². The van der Waals surface area contributed by atoms with Gasteiger partial charge in [0.2, 0.25) is 5.88 Å². The average Bonchev–Trinajstić information content (AvgIpc) is 3.08. The monoisotopic (exact) mass is 379 g/mol. The molecule has 0 atom stereocenters. The van der Waals surface area contributed by atoms with Crippen molar-refractivity contribution in [3.05, 3.63) is 101 Å². The van der Waals surface area contributed by atoms with Gasteiger partial charge in [-0.05, 0) is 60.4 Å². The van der Waals surface area contributed by atoms with Crippen LogP contribution in [0.1, 0.15) is 28.2 Å². The predicted octanol–water partition coefficient (Wildman–Crippen LogP) is 5.95. The van der Waals surface area contributed by atoms with Crippen LogP contribution in [0, 0.1) is 25.2 Å². The van der Waals surface area contributed by atoms with E-state index in [-0.39, 0.29) is 0 Å². The molecule has 4 aromatic rings. The van der Waals surface area contributed by atoms with E-state index in [1.54, 1.807) is 0 Å². The Morgan fingerprint density at radius 2 is 1.66 bits per heavy atom. The molecule has 0 unspecified atom stereocenters. The normalized spacial score (nSPS) is 10.5. The SMILES string of the molecule is Cc1nc(Oc2ccc(-c3ccccc3C)cc2)c(Cc2ccc(C#N)cc2)[nH]1. The maximum absolute atomic E-state index is 8.95. The summed E-state index contributed by atoms with van der Waals surface area (Å²) in [4.78, 5) is 7.79. The first-order valence-electron chi connectivity index (χ1n) is 9.51. The van der Waals surface area contributed by atoms with Gasteiger partial charge in [-0.3, -0.25) is 0 Å². The van der Waals surface area contributed by atoms with Gasteiger partial charge in [-0.25, -0.2) is 0 Å². The van der Waals surface area contributed by atoms with Crippen molar-refractivity contribution in [3.63, 3.8) is 0 Å². The van der Waals surface area contributed by atoms with Crippen LogP contribution < -0.4 is 4.74 Å². The van der Waals surface area contributed by atoms with E-state index in [9.17, 15) is 0 Å². The lowest BCUT2D eigenvalue weighted by Crippen LogP contribution is -1.94. The van der Waals surface area contributed by atoms with Gasteiger partial charge in [-0.1, -0.05) is 48.5 Å². The second-order valence-corrected chi connectivity index (χ2v) is 7.03. The molecular formula is C25H21N3O. The van der Waals surface area contributed by atoms with E-state index < -0.39 is 0 Å². The molecule has 1 N–H and O–H groups in total. The molecule has 0 spiro atoms. The number of hydrogen-bond acceptors (Lipinski definition) is 3. The van der Waals surface area contributed by atoms with Gasteiger partial charge < -0.3 is 9.72 Å². The van der Waals surface area contributed by atoms with Crippen molar-refractivity contribution in [1.29, 1.82) is 5.26 Å². The van der Waals surface area contributed by atoms with Gasteiger partial charge in [-0.2, -0.15) is 10.2 Å². The smallest absolute Gasteiger partial charge is 0.240 e. The molecule has 1 heterocycles. The number of aromatic amines is 1. The maximum atomic E-state index is 8.95. The molecule has 0 radical (unpaired) electrons. The third-order valence-electron chi connectivity index (χ3n) is 4.85. The van der Waals surface area contributed by atoms with Crippen LogP contribution in [0.2, 0.25) is 0 Å². The lowest BCUT2D eigenvalue weighted by Gasteiger charge is -2.09. The van der Waals surface area contributed by atoms with E-state index in [4.69, 9.17) is 10.00 Å². The number of aromatic nitrogens is 2. The highest BCUT2D eigenvalue weighted by atomic mass is 16.5. The zero-order chi connectivity index (χ0) is 20.2. The molecule has 1 aromatic heterocycles. The number of benzene rings is 3. The summed E-state index contributed by atoms with van der Waals surface area (Å²) in [5.74, 6) is 2.13. The Hall–Kier alpha value is -3.84. The fourth-order valence-corrected chi connectivity index (χ4v) is 3.34. The minimum Gasteiger partial charge on any atom is -0.437 e. The molecule has 4 heteroatoms. The Labute approximate surface area is 170 Å². The maximum Gasteiger partial charge on any atom is 0.240 e. The van der Waals surface area contributed by atoms with Gasteiger partial charge in [0.05, 0.1) is 17.3 Å². The molecule has 0 aliphatic carbocycles. The lowest BCUT2D eigenvalue weighted by molar-refractivity contribution is 0.460. The predicted molar refractivity (Wildman–Crippen MR) is 114 cm³/mol. The van der Waals surface area contributed by atoms with E-state index >= 15 is 0 Å². The minimum absolute atomic E-state index is 0.579. The molecule has 0 aliphatic rings. The molecule has 0 fully saturated rings. The van der Waals surface area contributed by atoms with Crippen LogP contribution >= 0.6 is 0 Å². The summed E-state index contributed by atoms with van der Waals surface area (Å²) in [7, 11) is 0. The number of H-pyrrole nitrogens is 1. The number of rotatable bonds is 5. The van der Waals surface area contributed by atoms with Crippen molar-refractivity contribution in [2.75, 3.05) is 0 Å². The molecule has 3 aromatic carbocycles. The molecule has 0 amide bonds. The zero-order valence-electron chi connectivity index (χ0n) is 16.4. The van der Waals surface area contributed by atoms with E-state index in [2.05, 4.69) is 53.3 Å². The molecule has 4 rings (SSSR count). The fourth-order valence-electron chi connectivity index (χ4n) is 3.34. The van der Waals surface area contributed by atoms with Gasteiger partial charge in [0.25, 0.3) is 0 Å². The second kappa shape index (κ2) is 8.04. The fraction of sp³-hybridized carbons (Fsp3) is 0.120. The van der Waals surface area contributed by atoms with E-state index in [0.717, 1.165) is 28.4 Å². The molecule has 29 heavy (non-hydrogen) atoms. The Kier molecular flexibility index (Phi) is 5.13. The van der Waals surface area contributed by atoms with Crippen molar-refractivity contribution in [1.82, 2.24) is 9.97 Å². The number of hydrogen-bond donors (Lipinski definition) is 1. The first kappa shape index (κ1) is 18.5. The Morgan fingerprint density at radius 3 is 2.34 bits per heavy atom. The summed E-state index contributed by atoms with van der Waals surface area (Å²) < 4.78 is 6.07. The number of ether oxygens (including phenoxy) is 1. The van der Waals surface area contributed by atoms with Crippen molar-refractivity contribution in [3.8, 4) is 28.8 Å². The van der Waals surface area contributed by atoms with Gasteiger partial charge in [0.1, 0.15) is 11.6 Å². The van der Waals surface area contributed by atoms with Crippen LogP contribution in [0.5, 0.6) is 11.6 Å². The number of imidazole rings is 1. The average molecular weight is 379 g/mol. The Bertz CT molecular complexity index is 1170. The third-order valence-corrected chi connectivity index (χ3v) is 4.85.